The summed E-state index contributed by atoms with van der Waals surface area (Å²) in [4.78, 5) is 39.3. The van der Waals surface area contributed by atoms with Crippen LogP contribution in [0.3, 0.4) is 0 Å². The summed E-state index contributed by atoms with van der Waals surface area (Å²) in [5, 5.41) is 0. The molecule has 2 aromatic rings. The number of carbonyl (C=O) groups is 3. The second-order valence-corrected chi connectivity index (χ2v) is 6.62. The van der Waals surface area contributed by atoms with Crippen LogP contribution in [0.1, 0.15) is 43.1 Å². The van der Waals surface area contributed by atoms with Crippen molar-refractivity contribution in [2.45, 2.75) is 13.3 Å². The average molecular weight is 366 g/mol. The van der Waals surface area contributed by atoms with Crippen LogP contribution in [-0.2, 0) is 0 Å². The van der Waals surface area contributed by atoms with Gasteiger partial charge in [0.15, 0.2) is 0 Å². The van der Waals surface area contributed by atoms with Gasteiger partial charge in [0, 0.05) is 26.2 Å². The van der Waals surface area contributed by atoms with Crippen LogP contribution in [-0.4, -0.2) is 54.8 Å². The first-order valence-electron chi connectivity index (χ1n) is 8.80. The van der Waals surface area contributed by atoms with Crippen LogP contribution in [0.2, 0.25) is 0 Å². The largest absolute Gasteiger partial charge is 0.493 e. The van der Waals surface area contributed by atoms with Crippen LogP contribution in [0.4, 0.5) is 0 Å². The highest BCUT2D eigenvalue weighted by Gasteiger charge is 2.33. The Morgan fingerprint density at radius 2 is 1.78 bits per heavy atom. The summed E-state index contributed by atoms with van der Waals surface area (Å²) in [6, 6.07) is 12.4. The average Bonchev–Trinajstić information content (AvgIpc) is 2.89. The molecule has 0 atom stereocenters. The van der Waals surface area contributed by atoms with Gasteiger partial charge in [0.25, 0.3) is 17.7 Å². The van der Waals surface area contributed by atoms with Crippen molar-refractivity contribution < 1.29 is 19.1 Å². The monoisotopic (exact) mass is 366 g/mol. The van der Waals surface area contributed by atoms with E-state index in [0.29, 0.717) is 30.7 Å². The van der Waals surface area contributed by atoms with E-state index >= 15 is 0 Å². The summed E-state index contributed by atoms with van der Waals surface area (Å²) in [7, 11) is 3.15. The number of aryl methyl sites for hydroxylation is 1. The predicted octanol–water partition coefficient (Wildman–Crippen LogP) is 2.76. The molecule has 0 aliphatic carbocycles. The third kappa shape index (κ3) is 3.69. The smallest absolute Gasteiger partial charge is 0.261 e. The van der Waals surface area contributed by atoms with Crippen molar-refractivity contribution in [3.05, 3.63) is 64.7 Å². The molecule has 6 nitrogen and oxygen atoms in total. The summed E-state index contributed by atoms with van der Waals surface area (Å²) < 4.78 is 5.75. The molecule has 27 heavy (non-hydrogen) atoms. The number of imide groups is 1. The maximum Gasteiger partial charge on any atom is 0.261 e. The molecule has 0 spiro atoms. The van der Waals surface area contributed by atoms with Crippen LogP contribution < -0.4 is 4.74 Å². The van der Waals surface area contributed by atoms with E-state index in [4.69, 9.17) is 4.74 Å². The van der Waals surface area contributed by atoms with E-state index in [-0.39, 0.29) is 23.3 Å². The topological polar surface area (TPSA) is 66.9 Å². The minimum absolute atomic E-state index is 0.191. The van der Waals surface area contributed by atoms with Crippen molar-refractivity contribution in [1.29, 1.82) is 0 Å². The lowest BCUT2D eigenvalue weighted by atomic mass is 10.0. The van der Waals surface area contributed by atoms with Gasteiger partial charge in [-0.25, -0.2) is 0 Å². The van der Waals surface area contributed by atoms with Crippen LogP contribution in [0, 0.1) is 6.92 Å². The molecule has 140 valence electrons. The van der Waals surface area contributed by atoms with Crippen molar-refractivity contribution >= 4 is 17.7 Å². The lowest BCUT2D eigenvalue weighted by molar-refractivity contribution is 0.0692. The van der Waals surface area contributed by atoms with Crippen molar-refractivity contribution in [2.75, 3.05) is 27.2 Å². The van der Waals surface area contributed by atoms with Gasteiger partial charge in [0.05, 0.1) is 17.7 Å². The first-order valence-corrected chi connectivity index (χ1v) is 8.80. The second kappa shape index (κ2) is 7.61. The lowest BCUT2D eigenvalue weighted by Gasteiger charge is -2.18. The molecule has 0 saturated carbocycles. The fraction of sp³-hybridized carbons (Fsp3) is 0.286. The van der Waals surface area contributed by atoms with Gasteiger partial charge in [0.2, 0.25) is 0 Å². The Bertz CT molecular complexity index is 907. The Hall–Kier alpha value is -3.15. The minimum atomic E-state index is -0.376. The number of rotatable bonds is 6. The molecule has 1 heterocycles. The highest BCUT2D eigenvalue weighted by molar-refractivity contribution is 6.21. The number of fused-ring (bicyclic) bond motifs is 1. The molecule has 0 fully saturated rings. The Labute approximate surface area is 158 Å². The van der Waals surface area contributed by atoms with E-state index in [2.05, 4.69) is 0 Å². The number of hydrogen-bond donors (Lipinski definition) is 0. The molecule has 3 rings (SSSR count). The zero-order valence-corrected chi connectivity index (χ0v) is 15.7. The molecule has 1 aliphatic heterocycles. The fourth-order valence-electron chi connectivity index (χ4n) is 3.02. The highest BCUT2D eigenvalue weighted by atomic mass is 16.5. The number of carbonyl (C=O) groups excluding carboxylic acids is 3. The Morgan fingerprint density at radius 1 is 1.07 bits per heavy atom. The molecule has 6 heteroatoms. The summed E-state index contributed by atoms with van der Waals surface area (Å²) in [6.45, 7) is 3.02. The molecule has 2 aromatic carbocycles. The number of amides is 3. The van der Waals surface area contributed by atoms with Crippen LogP contribution >= 0.6 is 0 Å². The summed E-state index contributed by atoms with van der Waals surface area (Å²) in [6.07, 6.45) is 0.682. The van der Waals surface area contributed by atoms with E-state index < -0.39 is 0 Å². The van der Waals surface area contributed by atoms with Gasteiger partial charge in [-0.1, -0.05) is 18.2 Å². The molecule has 0 N–H and O–H groups in total. The molecule has 0 saturated heterocycles. The number of para-hydroxylation sites is 1. The van der Waals surface area contributed by atoms with E-state index in [1.807, 2.05) is 31.2 Å². The summed E-state index contributed by atoms with van der Waals surface area (Å²) >= 11 is 0. The Balaban J connectivity index is 1.57. The molecular weight excluding hydrogens is 344 g/mol. The number of nitrogens with zero attached hydrogens (tertiary/aromatic N) is 2. The maximum absolute atomic E-state index is 12.6. The SMILES string of the molecule is Cc1ccccc1OCCCN(C)C(=O)c1ccc2c(c1)C(=O)N(C)C2=O. The van der Waals surface area contributed by atoms with Crippen LogP contribution in [0.15, 0.2) is 42.5 Å². The van der Waals surface area contributed by atoms with Gasteiger partial charge in [-0.05, 0) is 43.2 Å². The molecule has 0 unspecified atom stereocenters. The number of hydrogen-bond acceptors (Lipinski definition) is 4. The normalized spacial score (nSPS) is 12.9. The van der Waals surface area contributed by atoms with E-state index in [1.165, 1.54) is 13.1 Å². The van der Waals surface area contributed by atoms with Gasteiger partial charge in [-0.3, -0.25) is 19.3 Å². The van der Waals surface area contributed by atoms with Crippen molar-refractivity contribution in [2.24, 2.45) is 0 Å². The van der Waals surface area contributed by atoms with Crippen LogP contribution in [0.25, 0.3) is 0 Å². The van der Waals surface area contributed by atoms with Crippen molar-refractivity contribution in [3.63, 3.8) is 0 Å². The Kier molecular flexibility index (Phi) is 5.26. The molecule has 0 bridgehead atoms. The zero-order chi connectivity index (χ0) is 19.6. The van der Waals surface area contributed by atoms with Gasteiger partial charge in [-0.15, -0.1) is 0 Å². The highest BCUT2D eigenvalue weighted by Crippen LogP contribution is 2.23. The van der Waals surface area contributed by atoms with Gasteiger partial charge in [0.1, 0.15) is 5.75 Å². The first-order chi connectivity index (χ1) is 12.9. The maximum atomic E-state index is 12.6. The quantitative estimate of drug-likeness (QED) is 0.582. The fourth-order valence-corrected chi connectivity index (χ4v) is 3.02. The lowest BCUT2D eigenvalue weighted by Crippen LogP contribution is -2.29. The predicted molar refractivity (Wildman–Crippen MR) is 101 cm³/mol. The second-order valence-electron chi connectivity index (χ2n) is 6.62. The summed E-state index contributed by atoms with van der Waals surface area (Å²) in [5.41, 5.74) is 2.09. The molecule has 1 aliphatic rings. The van der Waals surface area contributed by atoms with E-state index in [1.54, 1.807) is 24.1 Å². The molecular formula is C21H22N2O4. The van der Waals surface area contributed by atoms with Gasteiger partial charge >= 0.3 is 0 Å². The third-order valence-corrected chi connectivity index (χ3v) is 4.67. The Morgan fingerprint density at radius 3 is 2.52 bits per heavy atom. The van der Waals surface area contributed by atoms with Gasteiger partial charge in [-0.2, -0.15) is 0 Å². The van der Waals surface area contributed by atoms with E-state index in [9.17, 15) is 14.4 Å². The van der Waals surface area contributed by atoms with Crippen molar-refractivity contribution in [1.82, 2.24) is 9.80 Å². The third-order valence-electron chi connectivity index (χ3n) is 4.67. The zero-order valence-electron chi connectivity index (χ0n) is 15.7. The first kappa shape index (κ1) is 18.6. The summed E-state index contributed by atoms with van der Waals surface area (Å²) in [5.74, 6) is -0.0597. The van der Waals surface area contributed by atoms with Gasteiger partial charge < -0.3 is 9.64 Å². The molecule has 3 amide bonds. The van der Waals surface area contributed by atoms with Crippen molar-refractivity contribution in [3.8, 4) is 5.75 Å². The number of benzene rings is 2. The number of ether oxygens (including phenoxy) is 1. The van der Waals surface area contributed by atoms with Crippen LogP contribution in [0.5, 0.6) is 5.75 Å². The standard InChI is InChI=1S/C21H22N2O4/c1-14-7-4-5-8-18(14)27-12-6-11-22(2)19(24)15-9-10-16-17(13-15)21(26)23(3)20(16)25/h4-5,7-10,13H,6,11-12H2,1-3H3. The van der Waals surface area contributed by atoms with E-state index in [0.717, 1.165) is 16.2 Å². The minimum Gasteiger partial charge on any atom is -0.493 e. The molecule has 0 aromatic heterocycles. The molecule has 0 radical (unpaired) electrons.